The second kappa shape index (κ2) is 14.3. The second-order valence-electron chi connectivity index (χ2n) is 7.11. The van der Waals surface area contributed by atoms with Crippen LogP contribution in [0, 0.1) is 5.41 Å². The van der Waals surface area contributed by atoms with Gasteiger partial charge < -0.3 is 16.0 Å². The number of nitrogens with two attached hydrogens (primary N) is 1. The predicted octanol–water partition coefficient (Wildman–Crippen LogP) is 3.34. The van der Waals surface area contributed by atoms with Crippen molar-refractivity contribution in [3.05, 3.63) is 30.3 Å². The first-order valence-corrected chi connectivity index (χ1v) is 9.58. The number of carbonyl (C=O) groups excluding carboxylic acids is 1. The van der Waals surface area contributed by atoms with Gasteiger partial charge in [0.15, 0.2) is 0 Å². The molecule has 1 aromatic rings. The van der Waals surface area contributed by atoms with Crippen LogP contribution in [0.4, 0.5) is 5.69 Å². The van der Waals surface area contributed by atoms with E-state index in [0.29, 0.717) is 19.1 Å². The van der Waals surface area contributed by atoms with E-state index in [1.165, 1.54) is 5.69 Å². The number of benzene rings is 1. The van der Waals surface area contributed by atoms with Crippen molar-refractivity contribution in [2.24, 2.45) is 11.1 Å². The summed E-state index contributed by atoms with van der Waals surface area (Å²) in [7, 11) is 0. The molecule has 1 amide bonds. The van der Waals surface area contributed by atoms with Crippen molar-refractivity contribution in [3.8, 4) is 0 Å². The number of hydrogen-bond acceptors (Lipinski definition) is 4. The molecule has 1 aliphatic heterocycles. The minimum Gasteiger partial charge on any atom is -0.369 e. The van der Waals surface area contributed by atoms with E-state index in [1.54, 1.807) is 0 Å². The number of nitrogens with zero attached hydrogens (tertiary/aromatic N) is 2. The molecule has 2 rings (SSSR count). The van der Waals surface area contributed by atoms with Gasteiger partial charge in [-0.1, -0.05) is 32.0 Å². The number of para-hydroxylation sites is 1. The third kappa shape index (κ3) is 7.27. The number of nitrogens with one attached hydrogen (secondary N) is 1. The summed E-state index contributed by atoms with van der Waals surface area (Å²) in [6.07, 6.45) is 1.58. The van der Waals surface area contributed by atoms with E-state index < -0.39 is 5.41 Å². The zero-order valence-corrected chi connectivity index (χ0v) is 19.7. The van der Waals surface area contributed by atoms with Gasteiger partial charge in [0.25, 0.3) is 0 Å². The number of hydrogen-bond donors (Lipinski definition) is 2. The monoisotopic (exact) mass is 454 g/mol. The number of amides is 1. The molecule has 1 unspecified atom stereocenters. The van der Waals surface area contributed by atoms with Crippen LogP contribution >= 0.6 is 37.2 Å². The van der Waals surface area contributed by atoms with Gasteiger partial charge in [-0.3, -0.25) is 9.69 Å². The van der Waals surface area contributed by atoms with E-state index in [0.717, 1.165) is 39.0 Å². The number of rotatable bonds is 8. The van der Waals surface area contributed by atoms with Crippen molar-refractivity contribution in [3.63, 3.8) is 0 Å². The normalized spacial score (nSPS) is 15.5. The summed E-state index contributed by atoms with van der Waals surface area (Å²) >= 11 is 0. The summed E-state index contributed by atoms with van der Waals surface area (Å²) in [5.41, 5.74) is 6.75. The first-order valence-electron chi connectivity index (χ1n) is 9.58. The Labute approximate surface area is 189 Å². The van der Waals surface area contributed by atoms with E-state index in [4.69, 9.17) is 5.73 Å². The molecule has 1 atom stereocenters. The maximum Gasteiger partial charge on any atom is 0.227 e. The first-order chi connectivity index (χ1) is 12.1. The fraction of sp³-hybridized carbons (Fsp3) is 0.650. The SMILES string of the molecule is CCC(CC)(CN)C(=O)NCC(C)N1CCN(c2ccccc2)CC1.Cl.Cl.Cl. The fourth-order valence-electron chi connectivity index (χ4n) is 3.57. The minimum atomic E-state index is -0.411. The lowest BCUT2D eigenvalue weighted by Crippen LogP contribution is -2.54. The van der Waals surface area contributed by atoms with Gasteiger partial charge in [-0.25, -0.2) is 0 Å². The average Bonchev–Trinajstić information content (AvgIpc) is 2.68. The Kier molecular flexibility index (Phi) is 15.0. The Bertz CT molecular complexity index is 527. The summed E-state index contributed by atoms with van der Waals surface area (Å²) in [5.74, 6) is 0.106. The Hall–Kier alpha value is -0.720. The summed E-state index contributed by atoms with van der Waals surface area (Å²) in [5, 5.41) is 3.14. The quantitative estimate of drug-likeness (QED) is 0.631. The molecule has 8 heteroatoms. The highest BCUT2D eigenvalue weighted by atomic mass is 35.5. The van der Waals surface area contributed by atoms with Crippen LogP contribution < -0.4 is 16.0 Å². The molecule has 1 aromatic carbocycles. The van der Waals surface area contributed by atoms with Crippen LogP contribution in [-0.2, 0) is 4.79 Å². The number of anilines is 1. The number of halogens is 3. The van der Waals surface area contributed by atoms with E-state index in [-0.39, 0.29) is 43.1 Å². The molecule has 3 N–H and O–H groups in total. The van der Waals surface area contributed by atoms with Crippen LogP contribution in [0.2, 0.25) is 0 Å². The molecule has 5 nitrogen and oxygen atoms in total. The van der Waals surface area contributed by atoms with Gasteiger partial charge >= 0.3 is 0 Å². The molecule has 0 spiro atoms. The van der Waals surface area contributed by atoms with Crippen LogP contribution in [0.15, 0.2) is 30.3 Å². The molecule has 0 aliphatic carbocycles. The molecular formula is C20H37Cl3N4O. The molecule has 0 radical (unpaired) electrons. The van der Waals surface area contributed by atoms with Crippen LogP contribution in [0.1, 0.15) is 33.6 Å². The maximum absolute atomic E-state index is 12.6. The lowest BCUT2D eigenvalue weighted by atomic mass is 9.81. The van der Waals surface area contributed by atoms with E-state index in [9.17, 15) is 4.79 Å². The number of piperazine rings is 1. The highest BCUT2D eigenvalue weighted by Crippen LogP contribution is 2.25. The van der Waals surface area contributed by atoms with Crippen LogP contribution in [0.5, 0.6) is 0 Å². The van der Waals surface area contributed by atoms with Crippen molar-refractivity contribution in [1.29, 1.82) is 0 Å². The van der Waals surface area contributed by atoms with Gasteiger partial charge in [-0.05, 0) is 31.9 Å². The van der Waals surface area contributed by atoms with Gasteiger partial charge in [0.05, 0.1) is 5.41 Å². The Morgan fingerprint density at radius 2 is 1.61 bits per heavy atom. The molecule has 164 valence electrons. The maximum atomic E-state index is 12.6. The average molecular weight is 456 g/mol. The molecular weight excluding hydrogens is 419 g/mol. The van der Waals surface area contributed by atoms with Crippen molar-refractivity contribution in [2.45, 2.75) is 39.7 Å². The Balaban J connectivity index is 0. The van der Waals surface area contributed by atoms with E-state index in [2.05, 4.69) is 52.4 Å². The lowest BCUT2D eigenvalue weighted by molar-refractivity contribution is -0.131. The van der Waals surface area contributed by atoms with Gasteiger partial charge in [-0.15, -0.1) is 37.2 Å². The number of carbonyl (C=O) groups is 1. The third-order valence-corrected chi connectivity index (χ3v) is 5.84. The van der Waals surface area contributed by atoms with Crippen molar-refractivity contribution < 1.29 is 4.79 Å². The Morgan fingerprint density at radius 3 is 2.07 bits per heavy atom. The minimum absolute atomic E-state index is 0. The third-order valence-electron chi connectivity index (χ3n) is 5.84. The molecule has 0 aromatic heterocycles. The highest BCUT2D eigenvalue weighted by Gasteiger charge is 2.33. The molecule has 1 aliphatic rings. The highest BCUT2D eigenvalue weighted by molar-refractivity contribution is 5.86. The van der Waals surface area contributed by atoms with E-state index >= 15 is 0 Å². The van der Waals surface area contributed by atoms with Gasteiger partial charge in [0.1, 0.15) is 0 Å². The van der Waals surface area contributed by atoms with Crippen molar-refractivity contribution in [2.75, 3.05) is 44.2 Å². The molecule has 0 bridgehead atoms. The Morgan fingerprint density at radius 1 is 1.07 bits per heavy atom. The second-order valence-corrected chi connectivity index (χ2v) is 7.11. The zero-order chi connectivity index (χ0) is 18.3. The topological polar surface area (TPSA) is 61.6 Å². The summed E-state index contributed by atoms with van der Waals surface area (Å²) in [6.45, 7) is 11.5. The standard InChI is InChI=1S/C20H34N4O.3ClH/c1-4-20(5-2,16-21)19(25)22-15-17(3)23-11-13-24(14-12-23)18-9-7-6-8-10-18;;;/h6-10,17H,4-5,11-16,21H2,1-3H3,(H,22,25);3*1H. The summed E-state index contributed by atoms with van der Waals surface area (Å²) < 4.78 is 0. The smallest absolute Gasteiger partial charge is 0.227 e. The summed E-state index contributed by atoms with van der Waals surface area (Å²) in [6, 6.07) is 10.9. The first kappa shape index (κ1) is 29.5. The molecule has 28 heavy (non-hydrogen) atoms. The van der Waals surface area contributed by atoms with Gasteiger partial charge in [0.2, 0.25) is 5.91 Å². The molecule has 0 saturated carbocycles. The summed E-state index contributed by atoms with van der Waals surface area (Å²) in [4.78, 5) is 17.5. The molecule has 1 fully saturated rings. The van der Waals surface area contributed by atoms with Crippen molar-refractivity contribution >= 4 is 48.8 Å². The van der Waals surface area contributed by atoms with Gasteiger partial charge in [-0.2, -0.15) is 0 Å². The fourth-order valence-corrected chi connectivity index (χ4v) is 3.57. The van der Waals surface area contributed by atoms with Crippen molar-refractivity contribution in [1.82, 2.24) is 10.2 Å². The van der Waals surface area contributed by atoms with Gasteiger partial charge in [0, 0.05) is 51.0 Å². The van der Waals surface area contributed by atoms with E-state index in [1.807, 2.05) is 13.8 Å². The lowest BCUT2D eigenvalue weighted by Gasteiger charge is -2.39. The largest absolute Gasteiger partial charge is 0.369 e. The predicted molar refractivity (Wildman–Crippen MR) is 127 cm³/mol. The van der Waals surface area contributed by atoms with Crippen LogP contribution in [0.25, 0.3) is 0 Å². The molecule has 1 saturated heterocycles. The zero-order valence-electron chi connectivity index (χ0n) is 17.2. The molecule has 1 heterocycles. The van der Waals surface area contributed by atoms with Crippen LogP contribution in [-0.4, -0.2) is 56.1 Å². The van der Waals surface area contributed by atoms with Crippen LogP contribution in [0.3, 0.4) is 0 Å².